The van der Waals surface area contributed by atoms with Crippen LogP contribution in [0.4, 0.5) is 0 Å². The summed E-state index contributed by atoms with van der Waals surface area (Å²) in [4.78, 5) is 0. The summed E-state index contributed by atoms with van der Waals surface area (Å²) in [6, 6.07) is 0. The minimum absolute atomic E-state index is 0.0497. The molecule has 2 N–H and O–H groups in total. The van der Waals surface area contributed by atoms with Crippen LogP contribution < -0.4 is 0 Å². The monoisotopic (exact) mass is 216 g/mol. The van der Waals surface area contributed by atoms with Crippen molar-refractivity contribution < 1.29 is 16.9 Å². The molecular formula is C5H12O4Se. The fourth-order valence-electron chi connectivity index (χ4n) is 0.256. The molecule has 0 aromatic heterocycles. The number of aliphatic hydroxyl groups excluding tert-OH is 1. The zero-order valence-corrected chi connectivity index (χ0v) is 7.75. The van der Waals surface area contributed by atoms with Crippen molar-refractivity contribution in [1.82, 2.24) is 0 Å². The van der Waals surface area contributed by atoms with Crippen LogP contribution in [0.1, 0.15) is 13.8 Å². The SMILES string of the molecule is CC(C)(CO)CO[Se](=O)O. The van der Waals surface area contributed by atoms with E-state index in [0.717, 1.165) is 0 Å². The Kier molecular flexibility index (Phi) is 4.24. The fraction of sp³-hybridized carbons (Fsp3) is 1.00. The normalized spacial score (nSPS) is 15.2. The first-order valence-electron chi connectivity index (χ1n) is 2.83. The van der Waals surface area contributed by atoms with Gasteiger partial charge in [-0.2, -0.15) is 0 Å². The van der Waals surface area contributed by atoms with E-state index in [0.29, 0.717) is 0 Å². The van der Waals surface area contributed by atoms with Gasteiger partial charge in [0.1, 0.15) is 0 Å². The van der Waals surface area contributed by atoms with Crippen LogP contribution >= 0.6 is 0 Å². The Balaban J connectivity index is 3.56. The Morgan fingerprint density at radius 1 is 1.60 bits per heavy atom. The molecule has 1 atom stereocenters. The maximum atomic E-state index is 10.1. The summed E-state index contributed by atoms with van der Waals surface area (Å²) in [6.45, 7) is 3.57. The van der Waals surface area contributed by atoms with E-state index < -0.39 is 19.9 Å². The van der Waals surface area contributed by atoms with Gasteiger partial charge < -0.3 is 0 Å². The average molecular weight is 215 g/mol. The average Bonchev–Trinajstić information content (AvgIpc) is 1.85. The van der Waals surface area contributed by atoms with Gasteiger partial charge in [-0.25, -0.2) is 0 Å². The van der Waals surface area contributed by atoms with Crippen LogP contribution in [-0.2, 0) is 7.65 Å². The van der Waals surface area contributed by atoms with Crippen LogP contribution in [0.5, 0.6) is 0 Å². The molecule has 0 spiro atoms. The van der Waals surface area contributed by atoms with Gasteiger partial charge in [0, 0.05) is 0 Å². The molecule has 0 heterocycles. The van der Waals surface area contributed by atoms with Crippen LogP contribution in [0.2, 0.25) is 0 Å². The summed E-state index contributed by atoms with van der Waals surface area (Å²) >= 11 is -3.03. The van der Waals surface area contributed by atoms with Gasteiger partial charge >= 0.3 is 63.9 Å². The Hall–Kier alpha value is 0.199. The van der Waals surface area contributed by atoms with E-state index in [2.05, 4.69) is 3.82 Å². The standard InChI is InChI=1S/C5H12O4Se/c1-5(2,3-6)4-9-10(7)8/h6H,3-4H2,1-2H3,(H,7,8). The molecule has 4 nitrogen and oxygen atoms in total. The molecule has 10 heavy (non-hydrogen) atoms. The molecule has 0 rings (SSSR count). The van der Waals surface area contributed by atoms with Gasteiger partial charge in [-0.15, -0.1) is 0 Å². The van der Waals surface area contributed by atoms with Crippen molar-refractivity contribution >= 4 is 14.5 Å². The van der Waals surface area contributed by atoms with Crippen molar-refractivity contribution in [3.8, 4) is 0 Å². The molecule has 0 aliphatic rings. The Labute approximate surface area is 64.6 Å². The molecule has 0 saturated carbocycles. The first kappa shape index (κ1) is 10.2. The molecular weight excluding hydrogens is 203 g/mol. The van der Waals surface area contributed by atoms with Gasteiger partial charge in [0.25, 0.3) is 0 Å². The Bertz CT molecular complexity index is 123. The van der Waals surface area contributed by atoms with E-state index in [1.165, 1.54) is 0 Å². The number of hydrogen-bond acceptors (Lipinski definition) is 3. The molecule has 0 amide bonds. The third-order valence-corrected chi connectivity index (χ3v) is 1.65. The zero-order valence-electron chi connectivity index (χ0n) is 6.03. The minimum atomic E-state index is -3.03. The van der Waals surface area contributed by atoms with Gasteiger partial charge in [0.05, 0.1) is 0 Å². The molecule has 0 aromatic carbocycles. The van der Waals surface area contributed by atoms with E-state index >= 15 is 0 Å². The number of aliphatic hydroxyl groups is 1. The summed E-state index contributed by atoms with van der Waals surface area (Å²) < 4.78 is 22.8. The van der Waals surface area contributed by atoms with E-state index in [1.54, 1.807) is 13.8 Å². The Morgan fingerprint density at radius 3 is 2.40 bits per heavy atom. The molecule has 0 saturated heterocycles. The van der Waals surface area contributed by atoms with Crippen LogP contribution in [0.15, 0.2) is 0 Å². The molecule has 0 aromatic rings. The molecule has 62 valence electrons. The van der Waals surface area contributed by atoms with Gasteiger partial charge in [-0.3, -0.25) is 0 Å². The van der Waals surface area contributed by atoms with Gasteiger partial charge in [-0.05, 0) is 0 Å². The van der Waals surface area contributed by atoms with Gasteiger partial charge in [0.2, 0.25) is 0 Å². The predicted molar refractivity (Wildman–Crippen MR) is 35.5 cm³/mol. The molecule has 0 aliphatic carbocycles. The summed E-state index contributed by atoms with van der Waals surface area (Å²) in [7, 11) is 0. The van der Waals surface area contributed by atoms with Crippen molar-refractivity contribution in [2.45, 2.75) is 13.8 Å². The molecule has 0 fully saturated rings. The second-order valence-electron chi connectivity index (χ2n) is 2.80. The summed E-state index contributed by atoms with van der Waals surface area (Å²) in [5, 5.41) is 8.66. The molecule has 5 heteroatoms. The quantitative estimate of drug-likeness (QED) is 0.616. The molecule has 0 bridgehead atoms. The third-order valence-electron chi connectivity index (χ3n) is 0.979. The first-order valence-corrected chi connectivity index (χ1v) is 4.99. The number of rotatable bonds is 4. The zero-order chi connectivity index (χ0) is 8.20. The first-order chi connectivity index (χ1) is 4.48. The van der Waals surface area contributed by atoms with Crippen molar-refractivity contribution in [1.29, 1.82) is 0 Å². The van der Waals surface area contributed by atoms with Crippen molar-refractivity contribution in [3.05, 3.63) is 0 Å². The third kappa shape index (κ3) is 5.02. The van der Waals surface area contributed by atoms with Crippen molar-refractivity contribution in [2.24, 2.45) is 5.41 Å². The number of hydrogen-bond donors (Lipinski definition) is 2. The van der Waals surface area contributed by atoms with E-state index in [4.69, 9.17) is 9.30 Å². The molecule has 1 unspecified atom stereocenters. The van der Waals surface area contributed by atoms with Crippen molar-refractivity contribution in [2.75, 3.05) is 13.2 Å². The molecule has 0 radical (unpaired) electrons. The van der Waals surface area contributed by atoms with E-state index in [1.807, 2.05) is 0 Å². The topological polar surface area (TPSA) is 66.8 Å². The Morgan fingerprint density at radius 2 is 2.10 bits per heavy atom. The van der Waals surface area contributed by atoms with E-state index in [9.17, 15) is 3.83 Å². The van der Waals surface area contributed by atoms with Crippen LogP contribution in [0, 0.1) is 5.41 Å². The second kappa shape index (κ2) is 4.16. The van der Waals surface area contributed by atoms with Crippen LogP contribution in [0.3, 0.4) is 0 Å². The van der Waals surface area contributed by atoms with Gasteiger partial charge in [0.15, 0.2) is 0 Å². The summed E-state index contributed by atoms with van der Waals surface area (Å²) in [6.07, 6.45) is 0. The summed E-state index contributed by atoms with van der Waals surface area (Å²) in [5.74, 6) is 0. The fourth-order valence-corrected chi connectivity index (χ4v) is 1.14. The van der Waals surface area contributed by atoms with Crippen LogP contribution in [-0.4, -0.2) is 37.0 Å². The maximum absolute atomic E-state index is 10.1. The van der Waals surface area contributed by atoms with Crippen LogP contribution in [0.25, 0.3) is 0 Å². The van der Waals surface area contributed by atoms with Gasteiger partial charge in [-0.1, -0.05) is 0 Å². The second-order valence-corrected chi connectivity index (χ2v) is 4.21. The van der Waals surface area contributed by atoms with E-state index in [-0.39, 0.29) is 13.2 Å². The summed E-state index contributed by atoms with van der Waals surface area (Å²) in [5.41, 5.74) is -0.422. The van der Waals surface area contributed by atoms with Crippen molar-refractivity contribution in [3.63, 3.8) is 0 Å². The molecule has 0 aliphatic heterocycles. The predicted octanol–water partition coefficient (Wildman–Crippen LogP) is -0.571.